The molecule has 142 valence electrons. The van der Waals surface area contributed by atoms with Gasteiger partial charge in [0.15, 0.2) is 6.61 Å². The van der Waals surface area contributed by atoms with E-state index in [4.69, 9.17) is 4.74 Å². The molecule has 1 aromatic heterocycles. The van der Waals surface area contributed by atoms with Crippen molar-refractivity contribution in [2.45, 2.75) is 6.42 Å². The molecule has 0 aliphatic heterocycles. The molecule has 7 nitrogen and oxygen atoms in total. The van der Waals surface area contributed by atoms with Crippen LogP contribution in [0.25, 0.3) is 0 Å². The average Bonchev–Trinajstić information content (AvgIpc) is 3.20. The molecule has 9 heteroatoms. The number of ether oxygens (including phenoxy) is 1. The SMILES string of the molecule is O=C(CCSC(=O)c1cccs1)NCC(=O)OCC(=O)Nc1ccccc1. The van der Waals surface area contributed by atoms with Crippen LogP contribution in [-0.4, -0.2) is 41.8 Å². The van der Waals surface area contributed by atoms with Crippen molar-refractivity contribution in [1.29, 1.82) is 0 Å². The van der Waals surface area contributed by atoms with Crippen LogP contribution in [-0.2, 0) is 19.1 Å². The lowest BCUT2D eigenvalue weighted by Gasteiger charge is -2.07. The van der Waals surface area contributed by atoms with Gasteiger partial charge >= 0.3 is 5.97 Å². The minimum atomic E-state index is -0.714. The lowest BCUT2D eigenvalue weighted by molar-refractivity contribution is -0.147. The van der Waals surface area contributed by atoms with Crippen molar-refractivity contribution in [3.05, 3.63) is 52.7 Å². The number of rotatable bonds is 9. The summed E-state index contributed by atoms with van der Waals surface area (Å²) in [5.41, 5.74) is 0.599. The van der Waals surface area contributed by atoms with Gasteiger partial charge in [-0.2, -0.15) is 0 Å². The van der Waals surface area contributed by atoms with E-state index >= 15 is 0 Å². The van der Waals surface area contributed by atoms with E-state index in [0.717, 1.165) is 11.8 Å². The van der Waals surface area contributed by atoms with Crippen LogP contribution in [0, 0.1) is 0 Å². The average molecular weight is 406 g/mol. The Morgan fingerprint density at radius 1 is 1.00 bits per heavy atom. The fourth-order valence-corrected chi connectivity index (χ4v) is 3.44. The number of para-hydroxylation sites is 1. The Balaban J connectivity index is 1.56. The second kappa shape index (κ2) is 11.1. The molecule has 2 rings (SSSR count). The van der Waals surface area contributed by atoms with E-state index in [0.29, 0.717) is 16.3 Å². The van der Waals surface area contributed by atoms with Gasteiger partial charge in [-0.05, 0) is 23.6 Å². The van der Waals surface area contributed by atoms with Crippen LogP contribution in [0.2, 0.25) is 0 Å². The van der Waals surface area contributed by atoms with E-state index in [2.05, 4.69) is 10.6 Å². The molecule has 0 fully saturated rings. The van der Waals surface area contributed by atoms with Crippen LogP contribution >= 0.6 is 23.1 Å². The number of hydrogen-bond acceptors (Lipinski definition) is 7. The maximum absolute atomic E-state index is 11.8. The van der Waals surface area contributed by atoms with Gasteiger partial charge in [-0.1, -0.05) is 36.0 Å². The monoisotopic (exact) mass is 406 g/mol. The van der Waals surface area contributed by atoms with E-state index in [1.165, 1.54) is 11.3 Å². The number of hydrogen-bond donors (Lipinski definition) is 2. The van der Waals surface area contributed by atoms with E-state index in [1.807, 2.05) is 11.4 Å². The van der Waals surface area contributed by atoms with Gasteiger partial charge in [0.2, 0.25) is 11.0 Å². The number of nitrogens with one attached hydrogen (secondary N) is 2. The molecule has 0 bridgehead atoms. The molecule has 0 atom stereocenters. The first-order valence-electron chi connectivity index (χ1n) is 8.02. The van der Waals surface area contributed by atoms with E-state index in [9.17, 15) is 19.2 Å². The highest BCUT2D eigenvalue weighted by Crippen LogP contribution is 2.17. The second-order valence-electron chi connectivity index (χ2n) is 5.21. The van der Waals surface area contributed by atoms with Gasteiger partial charge in [0.1, 0.15) is 6.54 Å². The lowest BCUT2D eigenvalue weighted by Crippen LogP contribution is -2.32. The molecule has 0 unspecified atom stereocenters. The predicted molar refractivity (Wildman–Crippen MR) is 105 cm³/mol. The third-order valence-electron chi connectivity index (χ3n) is 3.14. The smallest absolute Gasteiger partial charge is 0.325 e. The van der Waals surface area contributed by atoms with Crippen molar-refractivity contribution in [3.8, 4) is 0 Å². The summed E-state index contributed by atoms with van der Waals surface area (Å²) in [4.78, 5) is 47.3. The molecule has 2 N–H and O–H groups in total. The number of thiophene rings is 1. The number of carbonyl (C=O) groups is 4. The van der Waals surface area contributed by atoms with Gasteiger partial charge in [0.05, 0.1) is 4.88 Å². The zero-order chi connectivity index (χ0) is 19.5. The maximum atomic E-state index is 11.8. The Morgan fingerprint density at radius 3 is 2.48 bits per heavy atom. The van der Waals surface area contributed by atoms with Gasteiger partial charge in [0.25, 0.3) is 5.91 Å². The molecular formula is C18H18N2O5S2. The zero-order valence-corrected chi connectivity index (χ0v) is 15.9. The molecule has 1 aromatic carbocycles. The molecule has 1 heterocycles. The number of benzene rings is 1. The van der Waals surface area contributed by atoms with E-state index in [-0.39, 0.29) is 24.0 Å². The molecule has 0 spiro atoms. The molecule has 0 saturated carbocycles. The molecule has 27 heavy (non-hydrogen) atoms. The van der Waals surface area contributed by atoms with Gasteiger partial charge in [-0.15, -0.1) is 11.3 Å². The number of esters is 1. The van der Waals surface area contributed by atoms with E-state index in [1.54, 1.807) is 36.4 Å². The number of carbonyl (C=O) groups excluding carboxylic acids is 4. The first-order chi connectivity index (χ1) is 13.0. The van der Waals surface area contributed by atoms with Crippen LogP contribution < -0.4 is 10.6 Å². The summed E-state index contributed by atoms with van der Waals surface area (Å²) in [6.45, 7) is -0.768. The molecule has 2 amide bonds. The quantitative estimate of drug-likeness (QED) is 0.620. The van der Waals surface area contributed by atoms with Crippen LogP contribution in [0.3, 0.4) is 0 Å². The fourth-order valence-electron chi connectivity index (χ4n) is 1.88. The highest BCUT2D eigenvalue weighted by atomic mass is 32.2. The van der Waals surface area contributed by atoms with Crippen LogP contribution in [0.1, 0.15) is 16.1 Å². The number of thioether (sulfide) groups is 1. The molecule has 0 aliphatic rings. The number of anilines is 1. The fraction of sp³-hybridized carbons (Fsp3) is 0.222. The predicted octanol–water partition coefficient (Wildman–Crippen LogP) is 2.31. The van der Waals surface area contributed by atoms with Gasteiger partial charge in [0, 0.05) is 17.9 Å². The summed E-state index contributed by atoms with van der Waals surface area (Å²) in [5, 5.41) is 6.70. The van der Waals surface area contributed by atoms with E-state index < -0.39 is 18.5 Å². The summed E-state index contributed by atoms with van der Waals surface area (Å²) in [7, 11) is 0. The van der Waals surface area contributed by atoms with Crippen LogP contribution in [0.4, 0.5) is 5.69 Å². The van der Waals surface area contributed by atoms with Crippen molar-refractivity contribution in [2.75, 3.05) is 24.2 Å². The molecule has 2 aromatic rings. The first kappa shape index (κ1) is 20.7. The Kier molecular flexibility index (Phi) is 8.53. The summed E-state index contributed by atoms with van der Waals surface area (Å²) in [6, 6.07) is 12.3. The highest BCUT2D eigenvalue weighted by molar-refractivity contribution is 8.14. The number of amides is 2. The third kappa shape index (κ3) is 8.06. The van der Waals surface area contributed by atoms with Gasteiger partial charge in [-0.25, -0.2) is 0 Å². The standard InChI is InChI=1S/C18H18N2O5S2/c21-15(8-10-27-18(24)14-7-4-9-26-14)19-11-17(23)25-12-16(22)20-13-5-2-1-3-6-13/h1-7,9H,8,10-12H2,(H,19,21)(H,20,22). The third-order valence-corrected chi connectivity index (χ3v) is 5.02. The minimum absolute atomic E-state index is 0.0818. The second-order valence-corrected chi connectivity index (χ2v) is 7.23. The van der Waals surface area contributed by atoms with Crippen molar-refractivity contribution in [2.24, 2.45) is 0 Å². The molecule has 0 saturated heterocycles. The highest BCUT2D eigenvalue weighted by Gasteiger charge is 2.11. The maximum Gasteiger partial charge on any atom is 0.325 e. The first-order valence-corrected chi connectivity index (χ1v) is 9.89. The van der Waals surface area contributed by atoms with Crippen molar-refractivity contribution in [3.63, 3.8) is 0 Å². The molecule has 0 aliphatic carbocycles. The minimum Gasteiger partial charge on any atom is -0.454 e. The summed E-state index contributed by atoms with van der Waals surface area (Å²) in [6.07, 6.45) is 0.101. The zero-order valence-electron chi connectivity index (χ0n) is 14.3. The summed E-state index contributed by atoms with van der Waals surface area (Å²) in [5.74, 6) is -1.23. The van der Waals surface area contributed by atoms with Crippen molar-refractivity contribution < 1.29 is 23.9 Å². The lowest BCUT2D eigenvalue weighted by atomic mass is 10.3. The molecular weight excluding hydrogens is 388 g/mol. The van der Waals surface area contributed by atoms with Gasteiger partial charge in [-0.3, -0.25) is 19.2 Å². The largest absolute Gasteiger partial charge is 0.454 e. The Bertz CT molecular complexity index is 778. The van der Waals surface area contributed by atoms with Crippen LogP contribution in [0.5, 0.6) is 0 Å². The summed E-state index contributed by atoms with van der Waals surface area (Å²) >= 11 is 2.40. The normalized spacial score (nSPS) is 10.1. The van der Waals surface area contributed by atoms with Crippen molar-refractivity contribution in [1.82, 2.24) is 5.32 Å². The van der Waals surface area contributed by atoms with Crippen LogP contribution in [0.15, 0.2) is 47.8 Å². The van der Waals surface area contributed by atoms with Gasteiger partial charge < -0.3 is 15.4 Å². The Morgan fingerprint density at radius 2 is 1.78 bits per heavy atom. The summed E-state index contributed by atoms with van der Waals surface area (Å²) < 4.78 is 4.79. The molecule has 0 radical (unpaired) electrons. The topological polar surface area (TPSA) is 102 Å². The Labute approximate surface area is 164 Å². The van der Waals surface area contributed by atoms with Crippen molar-refractivity contribution >= 4 is 51.7 Å². The Hall–Kier alpha value is -2.65.